The zero-order valence-corrected chi connectivity index (χ0v) is 13.7. The highest BCUT2D eigenvalue weighted by atomic mass is 35.5. The number of halogens is 2. The van der Waals surface area contributed by atoms with Crippen LogP contribution in [0.25, 0.3) is 11.1 Å². The van der Waals surface area contributed by atoms with Crippen LogP contribution in [0.15, 0.2) is 42.5 Å². The van der Waals surface area contributed by atoms with Gasteiger partial charge in [0.25, 0.3) is 5.88 Å². The summed E-state index contributed by atoms with van der Waals surface area (Å²) in [6.45, 7) is 0.170. The van der Waals surface area contributed by atoms with Gasteiger partial charge in [-0.15, -0.1) is 0 Å². The van der Waals surface area contributed by atoms with E-state index in [1.807, 2.05) is 36.4 Å². The van der Waals surface area contributed by atoms with Gasteiger partial charge in [-0.25, -0.2) is 9.89 Å². The number of benzene rings is 2. The molecule has 3 aromatic rings. The van der Waals surface area contributed by atoms with Crippen LogP contribution in [0, 0.1) is 0 Å². The van der Waals surface area contributed by atoms with Gasteiger partial charge in [-0.2, -0.15) is 0 Å². The number of nitrogens with zero attached hydrogens (tertiary/aromatic N) is 2. The monoisotopic (exact) mass is 363 g/mol. The van der Waals surface area contributed by atoms with E-state index >= 15 is 0 Å². The van der Waals surface area contributed by atoms with Gasteiger partial charge in [-0.1, -0.05) is 57.8 Å². The first-order valence-corrected chi connectivity index (χ1v) is 7.61. The molecule has 0 bridgehead atoms. The molecule has 3 rings (SSSR count). The van der Waals surface area contributed by atoms with E-state index in [1.165, 1.54) is 0 Å². The minimum atomic E-state index is -1.18. The maximum Gasteiger partial charge on any atom is 0.359 e. The third kappa shape index (κ3) is 3.67. The van der Waals surface area contributed by atoms with E-state index in [0.29, 0.717) is 10.0 Å². The summed E-state index contributed by atoms with van der Waals surface area (Å²) in [6.07, 6.45) is 0. The number of carbonyl (C=O) groups is 1. The Morgan fingerprint density at radius 3 is 2.38 bits per heavy atom. The van der Waals surface area contributed by atoms with Crippen molar-refractivity contribution < 1.29 is 14.6 Å². The number of aromatic amines is 1. The lowest BCUT2D eigenvalue weighted by Gasteiger charge is -2.07. The van der Waals surface area contributed by atoms with Crippen LogP contribution in [0.3, 0.4) is 0 Å². The van der Waals surface area contributed by atoms with Crippen molar-refractivity contribution >= 4 is 29.2 Å². The van der Waals surface area contributed by atoms with E-state index in [9.17, 15) is 4.79 Å². The molecule has 1 aromatic heterocycles. The van der Waals surface area contributed by atoms with Crippen molar-refractivity contribution in [2.45, 2.75) is 6.61 Å². The zero-order valence-electron chi connectivity index (χ0n) is 12.2. The summed E-state index contributed by atoms with van der Waals surface area (Å²) in [5.41, 5.74) is 2.53. The first kappa shape index (κ1) is 16.3. The van der Waals surface area contributed by atoms with Crippen LogP contribution < -0.4 is 4.74 Å². The molecule has 0 atom stereocenters. The van der Waals surface area contributed by atoms with Gasteiger partial charge in [0.05, 0.1) is 0 Å². The Bertz CT molecular complexity index is 858. The predicted molar refractivity (Wildman–Crippen MR) is 89.6 cm³/mol. The van der Waals surface area contributed by atoms with Crippen LogP contribution in [0.2, 0.25) is 10.0 Å². The fourth-order valence-electron chi connectivity index (χ4n) is 2.12. The summed E-state index contributed by atoms with van der Waals surface area (Å²) in [6, 6.07) is 12.9. The van der Waals surface area contributed by atoms with Gasteiger partial charge < -0.3 is 9.84 Å². The number of carboxylic acids is 1. The lowest BCUT2D eigenvalue weighted by Crippen LogP contribution is -2.03. The third-order valence-electron chi connectivity index (χ3n) is 3.26. The average molecular weight is 364 g/mol. The van der Waals surface area contributed by atoms with E-state index in [2.05, 4.69) is 15.4 Å². The number of ether oxygens (including phenoxy) is 1. The van der Waals surface area contributed by atoms with Crippen molar-refractivity contribution in [2.75, 3.05) is 0 Å². The van der Waals surface area contributed by atoms with Gasteiger partial charge >= 0.3 is 5.97 Å². The van der Waals surface area contributed by atoms with Gasteiger partial charge in [-0.3, -0.25) is 0 Å². The van der Waals surface area contributed by atoms with E-state index in [4.69, 9.17) is 33.0 Å². The first-order valence-electron chi connectivity index (χ1n) is 6.85. The SMILES string of the molecule is O=C(O)c1[nH]nnc1OCc1ccc(-c2cc(Cl)cc(Cl)c2)cc1. The molecule has 0 saturated heterocycles. The summed E-state index contributed by atoms with van der Waals surface area (Å²) in [5, 5.41) is 19.4. The molecule has 0 aliphatic carbocycles. The number of rotatable bonds is 5. The van der Waals surface area contributed by atoms with E-state index in [1.54, 1.807) is 6.07 Å². The van der Waals surface area contributed by atoms with E-state index < -0.39 is 5.97 Å². The maximum absolute atomic E-state index is 10.9. The van der Waals surface area contributed by atoms with Crippen molar-refractivity contribution in [3.05, 3.63) is 63.8 Å². The quantitative estimate of drug-likeness (QED) is 0.713. The molecule has 0 aliphatic heterocycles. The number of aromatic nitrogens is 3. The average Bonchev–Trinajstić information content (AvgIpc) is 3.01. The molecule has 0 unspecified atom stereocenters. The Morgan fingerprint density at radius 2 is 1.75 bits per heavy atom. The lowest BCUT2D eigenvalue weighted by molar-refractivity contribution is 0.0685. The molecular formula is C16H11Cl2N3O3. The second-order valence-electron chi connectivity index (χ2n) is 4.94. The number of aromatic carboxylic acids is 1. The van der Waals surface area contributed by atoms with Crippen molar-refractivity contribution in [2.24, 2.45) is 0 Å². The number of H-pyrrole nitrogens is 1. The molecular weight excluding hydrogens is 353 g/mol. The third-order valence-corrected chi connectivity index (χ3v) is 3.69. The second-order valence-corrected chi connectivity index (χ2v) is 5.81. The van der Waals surface area contributed by atoms with Crippen LogP contribution in [0.5, 0.6) is 5.88 Å². The van der Waals surface area contributed by atoms with Crippen LogP contribution >= 0.6 is 23.2 Å². The molecule has 8 heteroatoms. The molecule has 1 heterocycles. The van der Waals surface area contributed by atoms with Crippen molar-refractivity contribution in [3.8, 4) is 17.0 Å². The van der Waals surface area contributed by atoms with Gasteiger partial charge in [0.15, 0.2) is 0 Å². The highest BCUT2D eigenvalue weighted by molar-refractivity contribution is 6.35. The molecule has 24 heavy (non-hydrogen) atoms. The normalized spacial score (nSPS) is 10.6. The summed E-state index contributed by atoms with van der Waals surface area (Å²) in [7, 11) is 0. The fourth-order valence-corrected chi connectivity index (χ4v) is 2.65. The van der Waals surface area contributed by atoms with Gasteiger partial charge in [-0.05, 0) is 34.9 Å². The molecule has 0 spiro atoms. The van der Waals surface area contributed by atoms with Crippen molar-refractivity contribution in [1.29, 1.82) is 0 Å². The standard InChI is InChI=1S/C16H11Cl2N3O3/c17-12-5-11(6-13(18)7-12)10-3-1-9(2-4-10)8-24-15-14(16(22)23)19-21-20-15/h1-7H,8H2,(H,22,23)(H,19,20,21). The molecule has 6 nitrogen and oxygen atoms in total. The number of carboxylic acid groups (broad SMARTS) is 1. The molecule has 2 aromatic carbocycles. The van der Waals surface area contributed by atoms with Crippen LogP contribution in [-0.4, -0.2) is 26.5 Å². The van der Waals surface area contributed by atoms with Crippen LogP contribution in [-0.2, 0) is 6.61 Å². The zero-order chi connectivity index (χ0) is 17.1. The molecule has 122 valence electrons. The lowest BCUT2D eigenvalue weighted by atomic mass is 10.0. The van der Waals surface area contributed by atoms with Crippen LogP contribution in [0.4, 0.5) is 0 Å². The molecule has 0 saturated carbocycles. The number of hydrogen-bond acceptors (Lipinski definition) is 4. The topological polar surface area (TPSA) is 88.1 Å². The molecule has 0 radical (unpaired) electrons. The Morgan fingerprint density at radius 1 is 1.08 bits per heavy atom. The highest BCUT2D eigenvalue weighted by Crippen LogP contribution is 2.27. The van der Waals surface area contributed by atoms with E-state index in [0.717, 1.165) is 16.7 Å². The largest absolute Gasteiger partial charge is 0.476 e. The van der Waals surface area contributed by atoms with E-state index in [-0.39, 0.29) is 18.2 Å². The molecule has 0 amide bonds. The van der Waals surface area contributed by atoms with Gasteiger partial charge in [0.2, 0.25) is 5.69 Å². The smallest absolute Gasteiger partial charge is 0.359 e. The maximum atomic E-state index is 10.9. The van der Waals surface area contributed by atoms with Gasteiger partial charge in [0, 0.05) is 10.0 Å². The molecule has 2 N–H and O–H groups in total. The van der Waals surface area contributed by atoms with Crippen LogP contribution in [0.1, 0.15) is 16.1 Å². The minimum absolute atomic E-state index is 0.0480. The van der Waals surface area contributed by atoms with Crippen molar-refractivity contribution in [1.82, 2.24) is 15.4 Å². The molecule has 0 fully saturated rings. The summed E-state index contributed by atoms with van der Waals surface area (Å²) in [5.74, 6) is -1.23. The fraction of sp³-hybridized carbons (Fsp3) is 0.0625. The van der Waals surface area contributed by atoms with Gasteiger partial charge in [0.1, 0.15) is 6.61 Å². The Labute approximate surface area is 147 Å². The minimum Gasteiger partial charge on any atom is -0.476 e. The summed E-state index contributed by atoms with van der Waals surface area (Å²) >= 11 is 12.0. The number of hydrogen-bond donors (Lipinski definition) is 2. The first-order chi connectivity index (χ1) is 11.5. The summed E-state index contributed by atoms with van der Waals surface area (Å²) in [4.78, 5) is 10.9. The Kier molecular flexibility index (Phi) is 4.69. The molecule has 0 aliphatic rings. The van der Waals surface area contributed by atoms with Crippen molar-refractivity contribution in [3.63, 3.8) is 0 Å². The Hall–Kier alpha value is -2.57. The highest BCUT2D eigenvalue weighted by Gasteiger charge is 2.15. The summed E-state index contributed by atoms with van der Waals surface area (Å²) < 4.78 is 5.38. The Balaban J connectivity index is 1.73. The number of nitrogens with one attached hydrogen (secondary N) is 1. The second kappa shape index (κ2) is 6.90. The predicted octanol–water partition coefficient (Wildman–Crippen LogP) is 4.06.